The highest BCUT2D eigenvalue weighted by atomic mass is 31.2. The van der Waals surface area contributed by atoms with Gasteiger partial charge in [-0.3, -0.25) is 23.4 Å². The first-order chi connectivity index (χ1) is 26.1. The van der Waals surface area contributed by atoms with Gasteiger partial charge in [-0.25, -0.2) is 4.57 Å². The molecule has 0 saturated carbocycles. The van der Waals surface area contributed by atoms with Gasteiger partial charge in [0.25, 0.3) is 0 Å². The number of unbranched alkanes of at least 4 members (excludes halogenated alkanes) is 25. The average molecular weight is 790 g/mol. The van der Waals surface area contributed by atoms with Crippen LogP contribution in [-0.4, -0.2) is 59.9 Å². The lowest BCUT2D eigenvalue weighted by molar-refractivity contribution is -0.161. The maximum atomic E-state index is 12.6. The number of hydrogen-bond donors (Lipinski definition) is 3. The summed E-state index contributed by atoms with van der Waals surface area (Å²) in [6, 6.07) is -1.52. The van der Waals surface area contributed by atoms with E-state index in [1.165, 1.54) is 109 Å². The normalized spacial score (nSPS) is 13.9. The second-order valence-corrected chi connectivity index (χ2v) is 16.3. The fraction of sp³-hybridized carbons (Fsp3) is 0.881. The number of carboxylic acids is 1. The van der Waals surface area contributed by atoms with Crippen molar-refractivity contribution in [3.8, 4) is 0 Å². The highest BCUT2D eigenvalue weighted by Crippen LogP contribution is 2.43. The molecule has 0 amide bonds. The third-order valence-corrected chi connectivity index (χ3v) is 10.5. The number of esters is 2. The van der Waals surface area contributed by atoms with Crippen LogP contribution in [-0.2, 0) is 37.5 Å². The smallest absolute Gasteiger partial charge is 0.472 e. The highest BCUT2D eigenvalue weighted by Gasteiger charge is 2.28. The molecule has 0 aromatic rings. The predicted molar refractivity (Wildman–Crippen MR) is 217 cm³/mol. The Kier molecular flexibility index (Phi) is 36.9. The molecule has 0 saturated heterocycles. The Morgan fingerprint density at radius 2 is 0.926 bits per heavy atom. The maximum absolute atomic E-state index is 12.6. The number of aliphatic carboxylic acids is 1. The standard InChI is InChI=1S/C42H80NO10P/c1-3-5-7-9-11-13-15-17-19-21-23-25-27-29-31-33-40(44)50-35-38(36-51-54(48,49)52-37-39(43)42(46)47)53-41(45)34-32-30-28-26-24-22-20-18-16-14-12-10-8-6-4-2/h18,20,38-39H,3-17,19,21-37,43H2,1-2H3,(H,46,47)(H,48,49)/b20-18-. The minimum absolute atomic E-state index is 0.155. The van der Waals surface area contributed by atoms with Crippen molar-refractivity contribution in [2.45, 2.75) is 219 Å². The van der Waals surface area contributed by atoms with Gasteiger partial charge in [0.05, 0.1) is 13.2 Å². The van der Waals surface area contributed by atoms with Gasteiger partial charge < -0.3 is 25.2 Å². The quantitative estimate of drug-likeness (QED) is 0.0233. The molecular formula is C42H80NO10P. The van der Waals surface area contributed by atoms with E-state index in [4.69, 9.17) is 24.8 Å². The van der Waals surface area contributed by atoms with Crippen LogP contribution in [0, 0.1) is 0 Å². The molecule has 0 aliphatic rings. The van der Waals surface area contributed by atoms with E-state index >= 15 is 0 Å². The Morgan fingerprint density at radius 3 is 1.35 bits per heavy atom. The number of allylic oxidation sites excluding steroid dienone is 2. The van der Waals surface area contributed by atoms with Gasteiger partial charge in [-0.15, -0.1) is 0 Å². The van der Waals surface area contributed by atoms with Crippen LogP contribution in [0.5, 0.6) is 0 Å². The molecule has 0 fully saturated rings. The number of carbonyl (C=O) groups excluding carboxylic acids is 2. The summed E-state index contributed by atoms with van der Waals surface area (Å²) in [5.41, 5.74) is 5.33. The van der Waals surface area contributed by atoms with Gasteiger partial charge in [0.2, 0.25) is 0 Å². The van der Waals surface area contributed by atoms with Gasteiger partial charge in [-0.1, -0.05) is 167 Å². The van der Waals surface area contributed by atoms with E-state index < -0.39 is 51.1 Å². The van der Waals surface area contributed by atoms with Gasteiger partial charge in [0, 0.05) is 12.8 Å². The monoisotopic (exact) mass is 790 g/mol. The van der Waals surface area contributed by atoms with Crippen LogP contribution in [0.4, 0.5) is 0 Å². The number of phosphoric acid groups is 1. The first-order valence-corrected chi connectivity index (χ1v) is 23.2. The SMILES string of the molecule is CCCCCCCC/C=C\CCCCCCCC(=O)OC(COC(=O)CCCCCCCCCCCCCCCCC)COP(=O)(O)OCC(N)C(=O)O. The van der Waals surface area contributed by atoms with Crippen molar-refractivity contribution in [2.75, 3.05) is 19.8 Å². The molecular weight excluding hydrogens is 709 g/mol. The molecule has 4 N–H and O–H groups in total. The van der Waals surface area contributed by atoms with Crippen LogP contribution in [0.2, 0.25) is 0 Å². The molecule has 0 bridgehead atoms. The topological polar surface area (TPSA) is 172 Å². The van der Waals surface area contributed by atoms with Gasteiger partial charge in [-0.2, -0.15) is 0 Å². The summed E-state index contributed by atoms with van der Waals surface area (Å²) in [4.78, 5) is 45.9. The lowest BCUT2D eigenvalue weighted by atomic mass is 10.0. The van der Waals surface area contributed by atoms with Gasteiger partial charge in [0.1, 0.15) is 12.6 Å². The second-order valence-electron chi connectivity index (χ2n) is 14.8. The molecule has 0 aliphatic heterocycles. The summed E-state index contributed by atoms with van der Waals surface area (Å²) in [6.07, 6.45) is 37.0. The fourth-order valence-corrected chi connectivity index (χ4v) is 6.84. The van der Waals surface area contributed by atoms with Crippen molar-refractivity contribution in [2.24, 2.45) is 5.73 Å². The third kappa shape index (κ3) is 37.2. The number of carboxylic acid groups (broad SMARTS) is 1. The fourth-order valence-electron chi connectivity index (χ4n) is 6.06. The van der Waals surface area contributed by atoms with Crippen molar-refractivity contribution >= 4 is 25.7 Å². The summed E-state index contributed by atoms with van der Waals surface area (Å²) in [5.74, 6) is -2.38. The van der Waals surface area contributed by atoms with E-state index in [0.717, 1.165) is 57.8 Å². The summed E-state index contributed by atoms with van der Waals surface area (Å²) < 4.78 is 32.7. The van der Waals surface area contributed by atoms with Crippen molar-refractivity contribution in [3.63, 3.8) is 0 Å². The number of phosphoric ester groups is 1. The van der Waals surface area contributed by atoms with Crippen LogP contribution >= 0.6 is 7.82 Å². The molecule has 0 radical (unpaired) electrons. The number of hydrogen-bond acceptors (Lipinski definition) is 9. The van der Waals surface area contributed by atoms with E-state index in [1.807, 2.05) is 0 Å². The molecule has 3 atom stereocenters. The Balaban J connectivity index is 4.35. The third-order valence-electron chi connectivity index (χ3n) is 9.51. The van der Waals surface area contributed by atoms with Crippen molar-refractivity contribution in [1.29, 1.82) is 0 Å². The average Bonchev–Trinajstić information content (AvgIpc) is 3.14. The Morgan fingerprint density at radius 1 is 0.556 bits per heavy atom. The Bertz CT molecular complexity index is 979. The van der Waals surface area contributed by atoms with E-state index in [1.54, 1.807) is 0 Å². The molecule has 54 heavy (non-hydrogen) atoms. The lowest BCUT2D eigenvalue weighted by Crippen LogP contribution is -2.34. The zero-order valence-corrected chi connectivity index (χ0v) is 35.2. The molecule has 0 spiro atoms. The van der Waals surface area contributed by atoms with E-state index in [2.05, 4.69) is 30.5 Å². The molecule has 12 heteroatoms. The van der Waals surface area contributed by atoms with E-state index in [0.29, 0.717) is 12.8 Å². The second kappa shape index (κ2) is 38.1. The molecule has 0 rings (SSSR count). The summed E-state index contributed by atoms with van der Waals surface area (Å²) in [6.45, 7) is 2.81. The van der Waals surface area contributed by atoms with E-state index in [9.17, 15) is 23.8 Å². The number of carbonyl (C=O) groups is 3. The molecule has 11 nitrogen and oxygen atoms in total. The Labute approximate surface area is 328 Å². The number of rotatable bonds is 41. The molecule has 3 unspecified atom stereocenters. The number of ether oxygens (including phenoxy) is 2. The van der Waals surface area contributed by atoms with Crippen LogP contribution in [0.1, 0.15) is 206 Å². The van der Waals surface area contributed by atoms with Crippen molar-refractivity contribution < 1.29 is 47.5 Å². The zero-order chi connectivity index (χ0) is 40.0. The summed E-state index contributed by atoms with van der Waals surface area (Å²) >= 11 is 0. The maximum Gasteiger partial charge on any atom is 0.472 e. The van der Waals surface area contributed by atoms with Gasteiger partial charge >= 0.3 is 25.7 Å². The largest absolute Gasteiger partial charge is 0.480 e. The van der Waals surface area contributed by atoms with Crippen LogP contribution < -0.4 is 5.73 Å². The minimum Gasteiger partial charge on any atom is -0.480 e. The summed E-state index contributed by atoms with van der Waals surface area (Å²) in [7, 11) is -4.71. The van der Waals surface area contributed by atoms with Crippen LogP contribution in [0.15, 0.2) is 12.2 Å². The van der Waals surface area contributed by atoms with Gasteiger partial charge in [0.15, 0.2) is 6.10 Å². The molecule has 0 aromatic carbocycles. The van der Waals surface area contributed by atoms with Crippen molar-refractivity contribution in [3.05, 3.63) is 12.2 Å². The molecule has 0 aromatic heterocycles. The highest BCUT2D eigenvalue weighted by molar-refractivity contribution is 7.47. The Hall–Kier alpha value is -1.78. The van der Waals surface area contributed by atoms with Crippen molar-refractivity contribution in [1.82, 2.24) is 0 Å². The number of nitrogens with two attached hydrogens (primary N) is 1. The molecule has 0 heterocycles. The molecule has 318 valence electrons. The van der Waals surface area contributed by atoms with E-state index in [-0.39, 0.29) is 19.4 Å². The lowest BCUT2D eigenvalue weighted by Gasteiger charge is -2.20. The minimum atomic E-state index is -4.71. The van der Waals surface area contributed by atoms with Gasteiger partial charge in [-0.05, 0) is 38.5 Å². The first kappa shape index (κ1) is 52.2. The van der Waals surface area contributed by atoms with Crippen LogP contribution in [0.3, 0.4) is 0 Å². The first-order valence-electron chi connectivity index (χ1n) is 21.7. The predicted octanol–water partition coefficient (Wildman–Crippen LogP) is 11.3. The zero-order valence-electron chi connectivity index (χ0n) is 34.3. The summed E-state index contributed by atoms with van der Waals surface area (Å²) in [5, 5.41) is 8.88. The molecule has 0 aliphatic carbocycles. The van der Waals surface area contributed by atoms with Crippen LogP contribution in [0.25, 0.3) is 0 Å².